The van der Waals surface area contributed by atoms with Gasteiger partial charge >= 0.3 is 0 Å². The number of carbonyl (C=O) groups excluding carboxylic acids is 1. The van der Waals surface area contributed by atoms with Gasteiger partial charge in [0.15, 0.2) is 21.3 Å². The van der Waals surface area contributed by atoms with E-state index in [9.17, 15) is 21.6 Å². The van der Waals surface area contributed by atoms with Gasteiger partial charge in [0.05, 0.1) is 28.7 Å². The fourth-order valence-electron chi connectivity index (χ4n) is 5.22. The zero-order valence-corrected chi connectivity index (χ0v) is 24.0. The van der Waals surface area contributed by atoms with Gasteiger partial charge in [-0.15, -0.1) is 0 Å². The third-order valence-electron chi connectivity index (χ3n) is 7.35. The van der Waals surface area contributed by atoms with Gasteiger partial charge in [0, 0.05) is 30.8 Å². The van der Waals surface area contributed by atoms with Crippen molar-refractivity contribution in [2.45, 2.75) is 53.9 Å². The Kier molecular flexibility index (Phi) is 7.78. The number of amides is 1. The molecule has 1 saturated heterocycles. The molecule has 0 aromatic heterocycles. The highest BCUT2D eigenvalue weighted by Crippen LogP contribution is 2.38. The van der Waals surface area contributed by atoms with Gasteiger partial charge in [0.2, 0.25) is 5.91 Å². The molecule has 2 aliphatic rings. The molecule has 11 heteroatoms. The summed E-state index contributed by atoms with van der Waals surface area (Å²) in [6, 6.07) is 17.5. The van der Waals surface area contributed by atoms with Crippen LogP contribution in [0.5, 0.6) is 11.5 Å². The number of nitrogens with one attached hydrogen (secondary N) is 1. The van der Waals surface area contributed by atoms with E-state index in [0.29, 0.717) is 30.2 Å². The van der Waals surface area contributed by atoms with Crippen LogP contribution in [-0.2, 0) is 24.7 Å². The maximum absolute atomic E-state index is 13.1. The smallest absolute Gasteiger partial charge is 0.261 e. The normalized spacial score (nSPS) is 18.2. The fourth-order valence-corrected chi connectivity index (χ4v) is 6.90. The molecule has 9 nitrogen and oxygen atoms in total. The summed E-state index contributed by atoms with van der Waals surface area (Å²) in [7, 11) is -5.81. The molecule has 2 fully saturated rings. The zero-order valence-electron chi connectivity index (χ0n) is 22.4. The number of carbonyl (C=O) groups is 1. The van der Waals surface area contributed by atoms with Crippen LogP contribution in [0.2, 0.25) is 0 Å². The van der Waals surface area contributed by atoms with Crippen LogP contribution >= 0.6 is 0 Å². The van der Waals surface area contributed by atoms with Crippen LogP contribution in [0.4, 0.5) is 11.4 Å². The van der Waals surface area contributed by atoms with E-state index in [1.807, 2.05) is 18.2 Å². The first kappa shape index (κ1) is 28.0. The van der Waals surface area contributed by atoms with Gasteiger partial charge in [-0.1, -0.05) is 12.1 Å². The number of nitrogens with zero attached hydrogens (tertiary/aromatic N) is 1. The summed E-state index contributed by atoms with van der Waals surface area (Å²) < 4.78 is 63.5. The first-order valence-electron chi connectivity index (χ1n) is 13.1. The molecule has 5 rings (SSSR count). The standard InChI is InChI=1S/C29H32N2O7S2/c1-37-27-15-10-20(16-28(27)38-24-8-3-4-9-24)21-17-29(32)31(19-21)23-7-5-6-22(18-23)30-40(35,36)26-13-11-25(12-14-26)39(2,33)34/h5-7,10-16,18,21,24,30H,3-4,8-9,17,19H2,1-2H3. The number of hydrogen-bond acceptors (Lipinski definition) is 7. The van der Waals surface area contributed by atoms with Crippen LogP contribution in [0.1, 0.15) is 43.6 Å². The van der Waals surface area contributed by atoms with Gasteiger partial charge in [-0.25, -0.2) is 16.8 Å². The summed E-state index contributed by atoms with van der Waals surface area (Å²) in [5.41, 5.74) is 1.85. The van der Waals surface area contributed by atoms with E-state index in [-0.39, 0.29) is 33.4 Å². The third-order valence-corrected chi connectivity index (χ3v) is 9.88. The van der Waals surface area contributed by atoms with Crippen LogP contribution in [0.25, 0.3) is 0 Å². The average molecular weight is 585 g/mol. The van der Waals surface area contributed by atoms with E-state index in [1.165, 1.54) is 24.3 Å². The van der Waals surface area contributed by atoms with Crippen molar-refractivity contribution in [3.8, 4) is 11.5 Å². The van der Waals surface area contributed by atoms with E-state index in [1.54, 1.807) is 36.3 Å². The molecular weight excluding hydrogens is 552 g/mol. The predicted octanol–water partition coefficient (Wildman–Crippen LogP) is 4.74. The minimum Gasteiger partial charge on any atom is -0.493 e. The highest BCUT2D eigenvalue weighted by molar-refractivity contribution is 7.92. The molecule has 1 amide bonds. The second-order valence-electron chi connectivity index (χ2n) is 10.2. The lowest BCUT2D eigenvalue weighted by Crippen LogP contribution is -2.24. The van der Waals surface area contributed by atoms with E-state index >= 15 is 0 Å². The summed E-state index contributed by atoms with van der Waals surface area (Å²) in [5.74, 6) is 1.25. The van der Waals surface area contributed by atoms with E-state index < -0.39 is 19.9 Å². The Balaban J connectivity index is 1.32. The molecule has 1 heterocycles. The zero-order chi connectivity index (χ0) is 28.5. The van der Waals surface area contributed by atoms with Crippen LogP contribution in [-0.4, -0.2) is 48.8 Å². The highest BCUT2D eigenvalue weighted by Gasteiger charge is 2.32. The monoisotopic (exact) mass is 584 g/mol. The first-order chi connectivity index (χ1) is 19.0. The number of sulfone groups is 1. The first-order valence-corrected chi connectivity index (χ1v) is 16.5. The van der Waals surface area contributed by atoms with Crippen molar-refractivity contribution in [1.29, 1.82) is 0 Å². The molecule has 40 heavy (non-hydrogen) atoms. The molecule has 1 atom stereocenters. The van der Waals surface area contributed by atoms with E-state index in [0.717, 1.165) is 37.5 Å². The number of methoxy groups -OCH3 is 1. The summed E-state index contributed by atoms with van der Waals surface area (Å²) in [4.78, 5) is 14.7. The van der Waals surface area contributed by atoms with Crippen molar-refractivity contribution in [2.24, 2.45) is 0 Å². The Labute approximate surface area is 235 Å². The largest absolute Gasteiger partial charge is 0.493 e. The molecule has 1 aliphatic heterocycles. The van der Waals surface area contributed by atoms with Gasteiger partial charge in [-0.05, 0) is 85.8 Å². The lowest BCUT2D eigenvalue weighted by molar-refractivity contribution is -0.117. The van der Waals surface area contributed by atoms with Gasteiger partial charge in [-0.2, -0.15) is 0 Å². The SMILES string of the molecule is COc1ccc(C2CC(=O)N(c3cccc(NS(=O)(=O)c4ccc(S(C)(=O)=O)cc4)c3)C2)cc1OC1CCCC1. The fraction of sp³-hybridized carbons (Fsp3) is 0.345. The Morgan fingerprint density at radius 3 is 2.25 bits per heavy atom. The van der Waals surface area contributed by atoms with Gasteiger partial charge in [0.1, 0.15) is 0 Å². The van der Waals surface area contributed by atoms with Crippen LogP contribution < -0.4 is 19.1 Å². The molecule has 212 valence electrons. The van der Waals surface area contributed by atoms with E-state index in [4.69, 9.17) is 9.47 Å². The molecule has 1 N–H and O–H groups in total. The lowest BCUT2D eigenvalue weighted by Gasteiger charge is -2.20. The Hall–Kier alpha value is -3.57. The maximum Gasteiger partial charge on any atom is 0.261 e. The second-order valence-corrected chi connectivity index (χ2v) is 13.9. The highest BCUT2D eigenvalue weighted by atomic mass is 32.2. The lowest BCUT2D eigenvalue weighted by atomic mass is 9.98. The summed E-state index contributed by atoms with van der Waals surface area (Å²) >= 11 is 0. The van der Waals surface area contributed by atoms with Crippen molar-refractivity contribution < 1.29 is 31.1 Å². The molecule has 3 aromatic rings. The number of benzene rings is 3. The molecule has 1 aliphatic carbocycles. The minimum absolute atomic E-state index is 0.0321. The van der Waals surface area contributed by atoms with Crippen molar-refractivity contribution >= 4 is 37.1 Å². The van der Waals surface area contributed by atoms with Gasteiger partial charge < -0.3 is 14.4 Å². The maximum atomic E-state index is 13.1. The molecule has 3 aromatic carbocycles. The molecule has 0 spiro atoms. The number of rotatable bonds is 9. The Bertz CT molecular complexity index is 1610. The number of hydrogen-bond donors (Lipinski definition) is 1. The van der Waals surface area contributed by atoms with E-state index in [2.05, 4.69) is 4.72 Å². The van der Waals surface area contributed by atoms with Crippen molar-refractivity contribution in [1.82, 2.24) is 0 Å². The quantitative estimate of drug-likeness (QED) is 0.386. The second kappa shape index (κ2) is 11.1. The Morgan fingerprint density at radius 1 is 0.875 bits per heavy atom. The Morgan fingerprint density at radius 2 is 1.57 bits per heavy atom. The van der Waals surface area contributed by atoms with Crippen molar-refractivity contribution in [3.63, 3.8) is 0 Å². The van der Waals surface area contributed by atoms with Crippen molar-refractivity contribution in [2.75, 3.05) is 29.5 Å². The molecule has 1 unspecified atom stereocenters. The van der Waals surface area contributed by atoms with Crippen molar-refractivity contribution in [3.05, 3.63) is 72.3 Å². The molecule has 0 radical (unpaired) electrons. The number of anilines is 2. The average Bonchev–Trinajstić information content (AvgIpc) is 3.58. The third kappa shape index (κ3) is 6.10. The van der Waals surface area contributed by atoms with Crippen LogP contribution in [0.3, 0.4) is 0 Å². The predicted molar refractivity (Wildman–Crippen MR) is 152 cm³/mol. The topological polar surface area (TPSA) is 119 Å². The van der Waals surface area contributed by atoms with Crippen LogP contribution in [0, 0.1) is 0 Å². The summed E-state index contributed by atoms with van der Waals surface area (Å²) in [6.45, 7) is 0.442. The summed E-state index contributed by atoms with van der Waals surface area (Å²) in [6.07, 6.45) is 5.91. The molecular formula is C29H32N2O7S2. The number of sulfonamides is 1. The minimum atomic E-state index is -3.98. The number of ether oxygens (including phenoxy) is 2. The molecule has 0 bridgehead atoms. The summed E-state index contributed by atoms with van der Waals surface area (Å²) in [5, 5.41) is 0. The van der Waals surface area contributed by atoms with Crippen LogP contribution in [0.15, 0.2) is 76.5 Å². The van der Waals surface area contributed by atoms with Gasteiger partial charge in [-0.3, -0.25) is 9.52 Å². The molecule has 1 saturated carbocycles. The van der Waals surface area contributed by atoms with Gasteiger partial charge in [0.25, 0.3) is 10.0 Å².